The third-order valence-electron chi connectivity index (χ3n) is 1.64. The maximum Gasteiger partial charge on any atom is 0.143 e. The Hall–Kier alpha value is -0.120. The van der Waals surface area contributed by atoms with Crippen molar-refractivity contribution < 1.29 is 4.74 Å². The Morgan fingerprint density at radius 2 is 2.33 bits per heavy atom. The molecule has 0 bridgehead atoms. The predicted octanol–water partition coefficient (Wildman–Crippen LogP) is 3.20. The first-order valence-corrected chi connectivity index (χ1v) is 4.66. The van der Waals surface area contributed by atoms with E-state index in [1.54, 1.807) is 13.3 Å². The Balaban J connectivity index is 2.96. The van der Waals surface area contributed by atoms with E-state index < -0.39 is 0 Å². The highest BCUT2D eigenvalue weighted by atomic mass is 79.9. The van der Waals surface area contributed by atoms with Crippen molar-refractivity contribution in [3.05, 3.63) is 27.5 Å². The van der Waals surface area contributed by atoms with Crippen LogP contribution in [0.25, 0.3) is 0 Å². The minimum absolute atomic E-state index is 0.0473. The fourth-order valence-corrected chi connectivity index (χ4v) is 1.26. The molecule has 0 saturated heterocycles. The highest BCUT2D eigenvalue weighted by Gasteiger charge is 2.06. The van der Waals surface area contributed by atoms with E-state index in [0.717, 1.165) is 10.0 Å². The zero-order valence-corrected chi connectivity index (χ0v) is 9.19. The molecule has 0 aliphatic heterocycles. The molecular weight excluding hydrogens is 241 g/mol. The summed E-state index contributed by atoms with van der Waals surface area (Å²) in [4.78, 5) is 3.99. The minimum Gasteiger partial charge on any atom is -0.377 e. The van der Waals surface area contributed by atoms with Crippen molar-refractivity contribution in [2.45, 2.75) is 13.0 Å². The molecule has 0 aromatic carbocycles. The van der Waals surface area contributed by atoms with Crippen molar-refractivity contribution in [3.8, 4) is 0 Å². The van der Waals surface area contributed by atoms with Crippen molar-refractivity contribution in [2.75, 3.05) is 7.11 Å². The fraction of sp³-hybridized carbons (Fsp3) is 0.375. The zero-order valence-electron chi connectivity index (χ0n) is 6.84. The van der Waals surface area contributed by atoms with E-state index in [9.17, 15) is 0 Å². The molecule has 1 aromatic rings. The average molecular weight is 251 g/mol. The summed E-state index contributed by atoms with van der Waals surface area (Å²) in [5.74, 6) is 0. The highest BCUT2D eigenvalue weighted by molar-refractivity contribution is 9.10. The Kier molecular flexibility index (Phi) is 3.50. The lowest BCUT2D eigenvalue weighted by atomic mass is 10.2. The van der Waals surface area contributed by atoms with Gasteiger partial charge in [0.15, 0.2) is 0 Å². The Bertz CT molecular complexity index is 280. The zero-order chi connectivity index (χ0) is 9.14. The number of aromatic nitrogens is 1. The molecule has 1 heterocycles. The molecule has 0 amide bonds. The second-order valence-corrected chi connectivity index (χ2v) is 3.63. The summed E-state index contributed by atoms with van der Waals surface area (Å²) in [6.07, 6.45) is 1.76. The van der Waals surface area contributed by atoms with E-state index in [2.05, 4.69) is 20.9 Å². The predicted molar refractivity (Wildman–Crippen MR) is 52.4 cm³/mol. The van der Waals surface area contributed by atoms with Crippen molar-refractivity contribution in [1.82, 2.24) is 4.98 Å². The second-order valence-electron chi connectivity index (χ2n) is 2.42. The molecule has 66 valence electrons. The molecule has 0 radical (unpaired) electrons. The first kappa shape index (κ1) is 9.96. The van der Waals surface area contributed by atoms with Crippen LogP contribution in [0.5, 0.6) is 0 Å². The minimum atomic E-state index is 0.0473. The lowest BCUT2D eigenvalue weighted by Gasteiger charge is -2.09. The molecule has 1 aromatic heterocycles. The van der Waals surface area contributed by atoms with Crippen LogP contribution in [0, 0.1) is 0 Å². The van der Waals surface area contributed by atoms with Gasteiger partial charge in [0, 0.05) is 18.9 Å². The van der Waals surface area contributed by atoms with Crippen molar-refractivity contribution in [2.24, 2.45) is 0 Å². The van der Waals surface area contributed by atoms with Gasteiger partial charge in [0.1, 0.15) is 5.15 Å². The molecule has 0 aliphatic carbocycles. The number of halogens is 2. The van der Waals surface area contributed by atoms with Crippen LogP contribution >= 0.6 is 27.5 Å². The Morgan fingerprint density at radius 3 is 2.83 bits per heavy atom. The molecular formula is C8H9BrClNO. The van der Waals surface area contributed by atoms with Gasteiger partial charge in [0.05, 0.1) is 10.6 Å². The topological polar surface area (TPSA) is 22.1 Å². The molecule has 1 unspecified atom stereocenters. The van der Waals surface area contributed by atoms with Gasteiger partial charge >= 0.3 is 0 Å². The summed E-state index contributed by atoms with van der Waals surface area (Å²) in [6.45, 7) is 1.96. The van der Waals surface area contributed by atoms with Gasteiger partial charge in [0.2, 0.25) is 0 Å². The summed E-state index contributed by atoms with van der Waals surface area (Å²) in [5.41, 5.74) is 1.01. The first-order valence-electron chi connectivity index (χ1n) is 3.49. The lowest BCUT2D eigenvalue weighted by molar-refractivity contribution is 0.119. The molecule has 1 atom stereocenters. The number of rotatable bonds is 2. The molecule has 2 nitrogen and oxygen atoms in total. The highest BCUT2D eigenvalue weighted by Crippen LogP contribution is 2.24. The lowest BCUT2D eigenvalue weighted by Crippen LogP contribution is -1.96. The van der Waals surface area contributed by atoms with Gasteiger partial charge in [-0.3, -0.25) is 0 Å². The van der Waals surface area contributed by atoms with E-state index in [4.69, 9.17) is 16.3 Å². The molecule has 0 spiro atoms. The van der Waals surface area contributed by atoms with Crippen molar-refractivity contribution in [3.63, 3.8) is 0 Å². The molecule has 4 heteroatoms. The number of hydrogen-bond acceptors (Lipinski definition) is 2. The third-order valence-corrected chi connectivity index (χ3v) is 2.77. The maximum atomic E-state index is 5.73. The van der Waals surface area contributed by atoms with E-state index in [0.29, 0.717) is 5.15 Å². The summed E-state index contributed by atoms with van der Waals surface area (Å²) in [5, 5.41) is 0.474. The average Bonchev–Trinajstić information content (AvgIpc) is 2.08. The van der Waals surface area contributed by atoms with Gasteiger partial charge < -0.3 is 4.74 Å². The normalized spacial score (nSPS) is 13.0. The van der Waals surface area contributed by atoms with Gasteiger partial charge in [-0.25, -0.2) is 4.98 Å². The standard InChI is InChI=1S/C8H9BrClNO/c1-5(12-2)6-3-7(9)8(10)11-4-6/h3-5H,1-2H3. The smallest absolute Gasteiger partial charge is 0.143 e. The Morgan fingerprint density at radius 1 is 1.67 bits per heavy atom. The van der Waals surface area contributed by atoms with Gasteiger partial charge in [-0.1, -0.05) is 11.6 Å². The molecule has 0 N–H and O–H groups in total. The molecule has 12 heavy (non-hydrogen) atoms. The third kappa shape index (κ3) is 2.19. The first-order chi connectivity index (χ1) is 5.65. The van der Waals surface area contributed by atoms with E-state index in [1.807, 2.05) is 13.0 Å². The number of methoxy groups -OCH3 is 1. The van der Waals surface area contributed by atoms with Gasteiger partial charge in [-0.2, -0.15) is 0 Å². The van der Waals surface area contributed by atoms with Gasteiger partial charge in [0.25, 0.3) is 0 Å². The molecule has 0 aliphatic rings. The fourth-order valence-electron chi connectivity index (χ4n) is 0.794. The van der Waals surface area contributed by atoms with Crippen LogP contribution in [0.3, 0.4) is 0 Å². The van der Waals surface area contributed by atoms with Crippen LogP contribution in [0.1, 0.15) is 18.6 Å². The Labute approximate surface area is 85.0 Å². The maximum absolute atomic E-state index is 5.73. The summed E-state index contributed by atoms with van der Waals surface area (Å²) < 4.78 is 5.92. The van der Waals surface area contributed by atoms with Gasteiger partial charge in [-0.15, -0.1) is 0 Å². The summed E-state index contributed by atoms with van der Waals surface area (Å²) >= 11 is 9.02. The number of nitrogens with zero attached hydrogens (tertiary/aromatic N) is 1. The van der Waals surface area contributed by atoms with Crippen molar-refractivity contribution in [1.29, 1.82) is 0 Å². The number of pyridine rings is 1. The molecule has 1 rings (SSSR count). The largest absolute Gasteiger partial charge is 0.377 e. The molecule has 0 fully saturated rings. The SMILES string of the molecule is COC(C)c1cnc(Cl)c(Br)c1. The van der Waals surface area contributed by atoms with Crippen LogP contribution in [-0.2, 0) is 4.74 Å². The van der Waals surface area contributed by atoms with Crippen LogP contribution in [0.15, 0.2) is 16.7 Å². The summed E-state index contributed by atoms with van der Waals surface area (Å²) in [7, 11) is 1.66. The van der Waals surface area contributed by atoms with Crippen LogP contribution in [-0.4, -0.2) is 12.1 Å². The number of hydrogen-bond donors (Lipinski definition) is 0. The van der Waals surface area contributed by atoms with Crippen LogP contribution < -0.4 is 0 Å². The van der Waals surface area contributed by atoms with Crippen molar-refractivity contribution >= 4 is 27.5 Å². The van der Waals surface area contributed by atoms with Gasteiger partial charge in [-0.05, 0) is 28.9 Å². The van der Waals surface area contributed by atoms with E-state index in [-0.39, 0.29) is 6.10 Å². The van der Waals surface area contributed by atoms with Crippen LogP contribution in [0.4, 0.5) is 0 Å². The van der Waals surface area contributed by atoms with E-state index in [1.165, 1.54) is 0 Å². The van der Waals surface area contributed by atoms with E-state index >= 15 is 0 Å². The summed E-state index contributed by atoms with van der Waals surface area (Å²) in [6, 6.07) is 1.91. The van der Waals surface area contributed by atoms with Crippen LogP contribution in [0.2, 0.25) is 5.15 Å². The monoisotopic (exact) mass is 249 g/mol. The quantitative estimate of drug-likeness (QED) is 0.752. The number of ether oxygens (including phenoxy) is 1. The molecule has 0 saturated carbocycles. The second kappa shape index (κ2) is 4.21.